The van der Waals surface area contributed by atoms with E-state index in [0.717, 1.165) is 0 Å². The lowest BCUT2D eigenvalue weighted by Gasteiger charge is -2.08. The maximum atomic E-state index is 12.3. The first-order valence-corrected chi connectivity index (χ1v) is 7.71. The van der Waals surface area contributed by atoms with Crippen LogP contribution in [0.2, 0.25) is 5.02 Å². The molecule has 0 N–H and O–H groups in total. The molecule has 5 heteroatoms. The molecule has 24 heavy (non-hydrogen) atoms. The smallest absolute Gasteiger partial charge is 0.333 e. The van der Waals surface area contributed by atoms with Crippen LogP contribution in [-0.2, 0) is 9.53 Å². The standard InChI is InChI=1S/C19H17ClO4/c1-13(2)19(22)24-12-11-23-17-9-5-15(6-10-17)18(21)14-3-7-16(20)8-4-14/h3-10H,1,11-12H2,2H3. The van der Waals surface area contributed by atoms with E-state index in [4.69, 9.17) is 21.1 Å². The van der Waals surface area contributed by atoms with Crippen molar-refractivity contribution in [3.05, 3.63) is 76.8 Å². The van der Waals surface area contributed by atoms with Crippen LogP contribution in [0.4, 0.5) is 0 Å². The minimum Gasteiger partial charge on any atom is -0.490 e. The Kier molecular flexibility index (Phi) is 6.15. The molecule has 0 aliphatic rings. The van der Waals surface area contributed by atoms with Crippen LogP contribution < -0.4 is 4.74 Å². The summed E-state index contributed by atoms with van der Waals surface area (Å²) >= 11 is 5.82. The van der Waals surface area contributed by atoms with Crippen molar-refractivity contribution in [2.45, 2.75) is 6.92 Å². The van der Waals surface area contributed by atoms with Crippen molar-refractivity contribution in [1.29, 1.82) is 0 Å². The molecule has 4 nitrogen and oxygen atoms in total. The molecule has 0 saturated heterocycles. The number of esters is 1. The van der Waals surface area contributed by atoms with Gasteiger partial charge in [-0.3, -0.25) is 4.79 Å². The third kappa shape index (κ3) is 4.96. The summed E-state index contributed by atoms with van der Waals surface area (Å²) in [5.41, 5.74) is 1.47. The topological polar surface area (TPSA) is 52.6 Å². The Morgan fingerprint density at radius 1 is 0.958 bits per heavy atom. The summed E-state index contributed by atoms with van der Waals surface area (Å²) in [6.45, 7) is 5.44. The molecule has 0 atom stereocenters. The van der Waals surface area contributed by atoms with Crippen molar-refractivity contribution >= 4 is 23.4 Å². The van der Waals surface area contributed by atoms with Gasteiger partial charge in [0.05, 0.1) is 0 Å². The molecule has 0 heterocycles. The van der Waals surface area contributed by atoms with Gasteiger partial charge in [-0.2, -0.15) is 0 Å². The molecule has 124 valence electrons. The predicted octanol–water partition coefficient (Wildman–Crippen LogP) is 4.07. The quantitative estimate of drug-likeness (QED) is 0.329. The van der Waals surface area contributed by atoms with E-state index in [1.807, 2.05) is 0 Å². The van der Waals surface area contributed by atoms with Gasteiger partial charge in [0.1, 0.15) is 19.0 Å². The lowest BCUT2D eigenvalue weighted by atomic mass is 10.0. The van der Waals surface area contributed by atoms with Crippen LogP contribution in [0.25, 0.3) is 0 Å². The molecule has 2 aromatic rings. The monoisotopic (exact) mass is 344 g/mol. The van der Waals surface area contributed by atoms with E-state index in [1.165, 1.54) is 0 Å². The lowest BCUT2D eigenvalue weighted by molar-refractivity contribution is -0.139. The molecule has 0 saturated carbocycles. The minimum atomic E-state index is -0.442. The van der Waals surface area contributed by atoms with Crippen molar-refractivity contribution in [3.63, 3.8) is 0 Å². The summed E-state index contributed by atoms with van der Waals surface area (Å²) in [5.74, 6) is 0.0603. The minimum absolute atomic E-state index is 0.0893. The van der Waals surface area contributed by atoms with Gasteiger partial charge >= 0.3 is 5.97 Å². The predicted molar refractivity (Wildman–Crippen MR) is 92.6 cm³/mol. The molecule has 0 aliphatic carbocycles. The summed E-state index contributed by atoms with van der Waals surface area (Å²) in [4.78, 5) is 23.5. The van der Waals surface area contributed by atoms with Crippen LogP contribution in [0.5, 0.6) is 5.75 Å². The van der Waals surface area contributed by atoms with E-state index in [1.54, 1.807) is 55.5 Å². The van der Waals surface area contributed by atoms with Gasteiger partial charge in [-0.15, -0.1) is 0 Å². The molecular formula is C19H17ClO4. The van der Waals surface area contributed by atoms with Gasteiger partial charge in [-0.25, -0.2) is 4.79 Å². The first-order chi connectivity index (χ1) is 11.5. The number of carbonyl (C=O) groups is 2. The Balaban J connectivity index is 1.88. The van der Waals surface area contributed by atoms with Crippen molar-refractivity contribution < 1.29 is 19.1 Å². The molecule has 0 aromatic heterocycles. The fourth-order valence-electron chi connectivity index (χ4n) is 1.89. The van der Waals surface area contributed by atoms with Crippen molar-refractivity contribution in [2.75, 3.05) is 13.2 Å². The van der Waals surface area contributed by atoms with E-state index < -0.39 is 5.97 Å². The summed E-state index contributed by atoms with van der Waals surface area (Å²) in [7, 11) is 0. The highest BCUT2D eigenvalue weighted by Crippen LogP contribution is 2.17. The Morgan fingerprint density at radius 3 is 2.04 bits per heavy atom. The molecule has 0 spiro atoms. The summed E-state index contributed by atoms with van der Waals surface area (Å²) in [6.07, 6.45) is 0. The van der Waals surface area contributed by atoms with Gasteiger partial charge < -0.3 is 9.47 Å². The van der Waals surface area contributed by atoms with Crippen LogP contribution >= 0.6 is 11.6 Å². The normalized spacial score (nSPS) is 10.1. The maximum Gasteiger partial charge on any atom is 0.333 e. The number of halogens is 1. The lowest BCUT2D eigenvalue weighted by Crippen LogP contribution is -2.12. The fourth-order valence-corrected chi connectivity index (χ4v) is 2.01. The number of hydrogen-bond acceptors (Lipinski definition) is 4. The van der Waals surface area contributed by atoms with Crippen LogP contribution in [0.15, 0.2) is 60.7 Å². The Hall–Kier alpha value is -2.59. The van der Waals surface area contributed by atoms with Crippen LogP contribution in [0.3, 0.4) is 0 Å². The molecule has 0 bridgehead atoms. The summed E-state index contributed by atoms with van der Waals surface area (Å²) in [6, 6.07) is 13.5. The zero-order valence-electron chi connectivity index (χ0n) is 13.3. The highest BCUT2D eigenvalue weighted by Gasteiger charge is 2.09. The van der Waals surface area contributed by atoms with E-state index in [-0.39, 0.29) is 19.0 Å². The summed E-state index contributed by atoms with van der Waals surface area (Å²) in [5, 5.41) is 0.586. The van der Waals surface area contributed by atoms with Gasteiger partial charge in [-0.1, -0.05) is 18.2 Å². The van der Waals surface area contributed by atoms with Gasteiger partial charge in [0, 0.05) is 21.7 Å². The molecular weight excluding hydrogens is 328 g/mol. The second kappa shape index (κ2) is 8.31. The fraction of sp³-hybridized carbons (Fsp3) is 0.158. The zero-order valence-corrected chi connectivity index (χ0v) is 14.0. The van der Waals surface area contributed by atoms with Crippen LogP contribution in [0, 0.1) is 0 Å². The number of ketones is 1. The molecule has 0 radical (unpaired) electrons. The average Bonchev–Trinajstić information content (AvgIpc) is 2.59. The Bertz CT molecular complexity index is 733. The highest BCUT2D eigenvalue weighted by molar-refractivity contribution is 6.30. The van der Waals surface area contributed by atoms with Crippen LogP contribution in [-0.4, -0.2) is 25.0 Å². The molecule has 0 unspecified atom stereocenters. The van der Waals surface area contributed by atoms with E-state index in [9.17, 15) is 9.59 Å². The summed E-state index contributed by atoms with van der Waals surface area (Å²) < 4.78 is 10.4. The van der Waals surface area contributed by atoms with Crippen LogP contribution in [0.1, 0.15) is 22.8 Å². The number of rotatable bonds is 7. The first-order valence-electron chi connectivity index (χ1n) is 7.33. The third-order valence-corrected chi connectivity index (χ3v) is 3.41. The highest BCUT2D eigenvalue weighted by atomic mass is 35.5. The second-order valence-electron chi connectivity index (χ2n) is 5.13. The molecule has 2 rings (SSSR count). The number of benzene rings is 2. The van der Waals surface area contributed by atoms with Crippen molar-refractivity contribution in [3.8, 4) is 5.75 Å². The van der Waals surface area contributed by atoms with E-state index >= 15 is 0 Å². The second-order valence-corrected chi connectivity index (χ2v) is 5.56. The number of carbonyl (C=O) groups excluding carboxylic acids is 2. The van der Waals surface area contributed by atoms with Crippen molar-refractivity contribution in [2.24, 2.45) is 0 Å². The van der Waals surface area contributed by atoms with E-state index in [2.05, 4.69) is 6.58 Å². The Labute approximate surface area is 145 Å². The molecule has 2 aromatic carbocycles. The zero-order chi connectivity index (χ0) is 17.5. The van der Waals surface area contributed by atoms with E-state index in [0.29, 0.717) is 27.5 Å². The molecule has 0 aliphatic heterocycles. The van der Waals surface area contributed by atoms with Gasteiger partial charge in [0.15, 0.2) is 5.78 Å². The maximum absolute atomic E-state index is 12.3. The van der Waals surface area contributed by atoms with Crippen molar-refractivity contribution in [1.82, 2.24) is 0 Å². The van der Waals surface area contributed by atoms with Gasteiger partial charge in [-0.05, 0) is 55.5 Å². The van der Waals surface area contributed by atoms with Gasteiger partial charge in [0.2, 0.25) is 0 Å². The molecule has 0 amide bonds. The van der Waals surface area contributed by atoms with Gasteiger partial charge in [0.25, 0.3) is 0 Å². The first kappa shape index (κ1) is 17.8. The Morgan fingerprint density at radius 2 is 1.50 bits per heavy atom. The number of hydrogen-bond donors (Lipinski definition) is 0. The largest absolute Gasteiger partial charge is 0.490 e. The average molecular weight is 345 g/mol. The SMILES string of the molecule is C=C(C)C(=O)OCCOc1ccc(C(=O)c2ccc(Cl)cc2)cc1. The third-order valence-electron chi connectivity index (χ3n) is 3.16. The number of ether oxygens (including phenoxy) is 2. The molecule has 0 fully saturated rings.